The Balaban J connectivity index is 2.49. The summed E-state index contributed by atoms with van der Waals surface area (Å²) in [5, 5.41) is 8.19. The van der Waals surface area contributed by atoms with Crippen LogP contribution in [0.1, 0.15) is 48.0 Å². The van der Waals surface area contributed by atoms with E-state index in [1.54, 1.807) is 0 Å². The Morgan fingerprint density at radius 3 is 2.55 bits per heavy atom. The second-order valence-corrected chi connectivity index (χ2v) is 5.39. The molecule has 108 valence electrons. The van der Waals surface area contributed by atoms with Crippen LogP contribution in [0.4, 0.5) is 0 Å². The largest absolute Gasteiger partial charge is 0.305 e. The predicted molar refractivity (Wildman–Crippen MR) is 84.0 cm³/mol. The molecule has 0 aliphatic heterocycles. The van der Waals surface area contributed by atoms with Crippen molar-refractivity contribution in [2.45, 2.75) is 40.2 Å². The molecule has 0 fully saturated rings. The van der Waals surface area contributed by atoms with Crippen LogP contribution in [-0.4, -0.2) is 16.3 Å². The van der Waals surface area contributed by atoms with Gasteiger partial charge in [0, 0.05) is 7.05 Å². The third kappa shape index (κ3) is 2.93. The van der Waals surface area contributed by atoms with Crippen molar-refractivity contribution in [3.8, 4) is 0 Å². The van der Waals surface area contributed by atoms with Crippen molar-refractivity contribution < 1.29 is 0 Å². The van der Waals surface area contributed by atoms with E-state index in [0.29, 0.717) is 0 Å². The van der Waals surface area contributed by atoms with Crippen LogP contribution in [0.5, 0.6) is 0 Å². The van der Waals surface area contributed by atoms with Gasteiger partial charge in [0.15, 0.2) is 0 Å². The number of nitrogens with one attached hydrogen (secondary N) is 1. The Bertz CT molecular complexity index is 584. The maximum absolute atomic E-state index is 4.59. The monoisotopic (exact) mass is 271 g/mol. The highest BCUT2D eigenvalue weighted by molar-refractivity contribution is 5.37. The zero-order valence-electron chi connectivity index (χ0n) is 13.2. The normalized spacial score (nSPS) is 12.7. The van der Waals surface area contributed by atoms with Gasteiger partial charge in [0.05, 0.1) is 17.4 Å². The van der Waals surface area contributed by atoms with E-state index in [2.05, 4.69) is 62.4 Å². The third-order valence-corrected chi connectivity index (χ3v) is 3.78. The van der Waals surface area contributed by atoms with Crippen LogP contribution in [0.15, 0.2) is 24.3 Å². The Kier molecular flexibility index (Phi) is 4.61. The number of benzene rings is 1. The van der Waals surface area contributed by atoms with E-state index in [4.69, 9.17) is 0 Å². The van der Waals surface area contributed by atoms with Crippen LogP contribution in [0, 0.1) is 13.8 Å². The van der Waals surface area contributed by atoms with Crippen molar-refractivity contribution in [1.29, 1.82) is 0 Å². The minimum absolute atomic E-state index is 0.206. The minimum Gasteiger partial charge on any atom is -0.305 e. The molecule has 1 heterocycles. The Hall–Kier alpha value is -1.61. The van der Waals surface area contributed by atoms with E-state index >= 15 is 0 Å². The Labute approximate surface area is 122 Å². The molecule has 0 saturated carbocycles. The second kappa shape index (κ2) is 6.23. The summed E-state index contributed by atoms with van der Waals surface area (Å²) in [6, 6.07) is 9.07. The summed E-state index contributed by atoms with van der Waals surface area (Å²) < 4.78 is 2.01. The fourth-order valence-corrected chi connectivity index (χ4v) is 2.64. The lowest BCUT2D eigenvalue weighted by Crippen LogP contribution is -2.25. The summed E-state index contributed by atoms with van der Waals surface area (Å²) in [6.45, 7) is 9.55. The zero-order valence-corrected chi connectivity index (χ0v) is 13.2. The van der Waals surface area contributed by atoms with Crippen LogP contribution in [-0.2, 0) is 13.5 Å². The molecule has 1 unspecified atom stereocenters. The van der Waals surface area contributed by atoms with Crippen LogP contribution < -0.4 is 5.32 Å². The molecule has 1 aromatic carbocycles. The summed E-state index contributed by atoms with van der Waals surface area (Å²) in [6.07, 6.45) is 0.972. The highest BCUT2D eigenvalue weighted by Gasteiger charge is 2.19. The molecule has 1 aromatic heterocycles. The molecule has 20 heavy (non-hydrogen) atoms. The number of hydrogen-bond acceptors (Lipinski definition) is 2. The molecule has 2 rings (SSSR count). The number of nitrogens with zero attached hydrogens (tertiary/aromatic N) is 2. The molecule has 0 aliphatic carbocycles. The van der Waals surface area contributed by atoms with Gasteiger partial charge in [-0.15, -0.1) is 0 Å². The lowest BCUT2D eigenvalue weighted by molar-refractivity contribution is 0.569. The zero-order chi connectivity index (χ0) is 14.7. The average Bonchev–Trinajstić information content (AvgIpc) is 2.80. The maximum Gasteiger partial charge on any atom is 0.0750 e. The van der Waals surface area contributed by atoms with Gasteiger partial charge in [-0.25, -0.2) is 0 Å². The van der Waals surface area contributed by atoms with Crippen molar-refractivity contribution in [1.82, 2.24) is 15.1 Å². The topological polar surface area (TPSA) is 29.9 Å². The van der Waals surface area contributed by atoms with E-state index in [9.17, 15) is 0 Å². The lowest BCUT2D eigenvalue weighted by Gasteiger charge is -2.21. The smallest absolute Gasteiger partial charge is 0.0750 e. The molecule has 1 N–H and O–H groups in total. The third-order valence-electron chi connectivity index (χ3n) is 3.78. The minimum atomic E-state index is 0.206. The molecule has 3 nitrogen and oxygen atoms in total. The van der Waals surface area contributed by atoms with Gasteiger partial charge in [0.1, 0.15) is 0 Å². The first-order valence-electron chi connectivity index (χ1n) is 7.40. The summed E-state index contributed by atoms with van der Waals surface area (Å²) in [4.78, 5) is 0. The SMILES string of the molecule is CCNC(c1cc(C)ccc1C)c1cc(CC)nn1C. The van der Waals surface area contributed by atoms with E-state index < -0.39 is 0 Å². The summed E-state index contributed by atoms with van der Waals surface area (Å²) in [5.74, 6) is 0. The highest BCUT2D eigenvalue weighted by atomic mass is 15.3. The molecule has 3 heteroatoms. The van der Waals surface area contributed by atoms with Crippen molar-refractivity contribution >= 4 is 0 Å². The van der Waals surface area contributed by atoms with E-state index in [0.717, 1.165) is 18.7 Å². The molecule has 0 saturated heterocycles. The van der Waals surface area contributed by atoms with E-state index in [1.165, 1.54) is 22.4 Å². The van der Waals surface area contributed by atoms with Gasteiger partial charge in [0.25, 0.3) is 0 Å². The molecule has 0 amide bonds. The summed E-state index contributed by atoms with van der Waals surface area (Å²) >= 11 is 0. The van der Waals surface area contributed by atoms with Gasteiger partial charge in [-0.2, -0.15) is 5.10 Å². The average molecular weight is 271 g/mol. The van der Waals surface area contributed by atoms with Gasteiger partial charge >= 0.3 is 0 Å². The molecule has 0 radical (unpaired) electrons. The maximum atomic E-state index is 4.59. The molecule has 0 aliphatic rings. The summed E-state index contributed by atoms with van der Waals surface area (Å²) in [7, 11) is 2.03. The fraction of sp³-hybridized carbons (Fsp3) is 0.471. The van der Waals surface area contributed by atoms with Gasteiger partial charge in [0.2, 0.25) is 0 Å². The number of aryl methyl sites for hydroxylation is 4. The highest BCUT2D eigenvalue weighted by Crippen LogP contribution is 2.26. The van der Waals surface area contributed by atoms with Crippen molar-refractivity contribution in [3.63, 3.8) is 0 Å². The van der Waals surface area contributed by atoms with E-state index in [1.807, 2.05) is 11.7 Å². The summed E-state index contributed by atoms with van der Waals surface area (Å²) in [5.41, 5.74) is 6.35. The van der Waals surface area contributed by atoms with Crippen LogP contribution >= 0.6 is 0 Å². The first kappa shape index (κ1) is 14.8. The lowest BCUT2D eigenvalue weighted by atomic mass is 9.96. The standard InChI is InChI=1S/C17H25N3/c1-6-14-11-16(20(5)19-14)17(18-7-2)15-10-12(3)8-9-13(15)4/h8-11,17-18H,6-7H2,1-5H3. The van der Waals surface area contributed by atoms with Gasteiger partial charge in [-0.05, 0) is 44.0 Å². The Morgan fingerprint density at radius 1 is 1.20 bits per heavy atom. The van der Waals surface area contributed by atoms with Gasteiger partial charge in [-0.1, -0.05) is 37.6 Å². The molecule has 1 atom stereocenters. The number of rotatable bonds is 5. The first-order chi connectivity index (χ1) is 9.56. The quantitative estimate of drug-likeness (QED) is 0.904. The first-order valence-corrected chi connectivity index (χ1v) is 7.40. The van der Waals surface area contributed by atoms with Crippen molar-refractivity contribution in [2.75, 3.05) is 6.54 Å². The molecular formula is C17H25N3. The van der Waals surface area contributed by atoms with Gasteiger partial charge in [-0.3, -0.25) is 4.68 Å². The fourth-order valence-electron chi connectivity index (χ4n) is 2.64. The van der Waals surface area contributed by atoms with Crippen LogP contribution in [0.3, 0.4) is 0 Å². The molecule has 0 bridgehead atoms. The van der Waals surface area contributed by atoms with Crippen molar-refractivity contribution in [2.24, 2.45) is 7.05 Å². The van der Waals surface area contributed by atoms with Crippen molar-refractivity contribution in [3.05, 3.63) is 52.3 Å². The Morgan fingerprint density at radius 2 is 1.95 bits per heavy atom. The van der Waals surface area contributed by atoms with Crippen LogP contribution in [0.25, 0.3) is 0 Å². The number of hydrogen-bond donors (Lipinski definition) is 1. The predicted octanol–water partition coefficient (Wildman–Crippen LogP) is 3.30. The van der Waals surface area contributed by atoms with Gasteiger partial charge < -0.3 is 5.32 Å². The van der Waals surface area contributed by atoms with Crippen LogP contribution in [0.2, 0.25) is 0 Å². The molecular weight excluding hydrogens is 246 g/mol. The molecule has 0 spiro atoms. The van der Waals surface area contributed by atoms with E-state index in [-0.39, 0.29) is 6.04 Å². The molecule has 2 aromatic rings. The second-order valence-electron chi connectivity index (χ2n) is 5.39. The number of aromatic nitrogens is 2.